The lowest BCUT2D eigenvalue weighted by molar-refractivity contribution is 0.680. The van der Waals surface area contributed by atoms with E-state index in [0.717, 1.165) is 3.58 Å². The minimum atomic E-state index is -0.276. The van der Waals surface area contributed by atoms with Gasteiger partial charge in [-0.3, -0.25) is 3.11 Å². The molecule has 6 heteroatoms. The van der Waals surface area contributed by atoms with Crippen molar-refractivity contribution in [2.45, 2.75) is 5.50 Å². The van der Waals surface area contributed by atoms with Gasteiger partial charge in [-0.2, -0.15) is 0 Å². The van der Waals surface area contributed by atoms with E-state index >= 15 is 0 Å². The third kappa shape index (κ3) is 2.28. The molecule has 1 unspecified atom stereocenters. The number of nitroso groups, excluding NO2 is 1. The van der Waals surface area contributed by atoms with E-state index in [4.69, 9.17) is 11.6 Å². The predicted molar refractivity (Wildman–Crippen MR) is 61.5 cm³/mol. The van der Waals surface area contributed by atoms with Crippen LogP contribution >= 0.6 is 57.1 Å². The largest absolute Gasteiger partial charge is 0.299 e. The predicted octanol–water partition coefficient (Wildman–Crippen LogP) is 3.14. The van der Waals surface area contributed by atoms with Crippen LogP contribution in [-0.2, 0) is 0 Å². The van der Waals surface area contributed by atoms with Crippen LogP contribution in [0.1, 0.15) is 0 Å². The van der Waals surface area contributed by atoms with Crippen LogP contribution in [0.3, 0.4) is 0 Å². The molecular formula is C5H3ClI2N2O. The third-order valence-corrected chi connectivity index (χ3v) is 3.49. The van der Waals surface area contributed by atoms with E-state index in [0.29, 0.717) is 5.70 Å². The average Bonchev–Trinajstić information content (AvgIpc) is 1.97. The van der Waals surface area contributed by atoms with Crippen molar-refractivity contribution >= 4 is 57.1 Å². The monoisotopic (exact) mass is 396 g/mol. The number of hydrogen-bond donors (Lipinski definition) is 0. The Morgan fingerprint density at radius 3 is 2.91 bits per heavy atom. The smallest absolute Gasteiger partial charge is 0.133 e. The number of rotatable bonds is 1. The van der Waals surface area contributed by atoms with Gasteiger partial charge in [0.25, 0.3) is 0 Å². The quantitative estimate of drug-likeness (QED) is 0.224. The van der Waals surface area contributed by atoms with Gasteiger partial charge in [-0.1, -0.05) is 11.6 Å². The zero-order chi connectivity index (χ0) is 8.43. The number of allylic oxidation sites excluding steroid dienone is 1. The molecule has 0 spiro atoms. The summed E-state index contributed by atoms with van der Waals surface area (Å²) in [6.45, 7) is 0. The molecule has 60 valence electrons. The number of halogens is 3. The minimum absolute atomic E-state index is 0.276. The fourth-order valence-corrected chi connectivity index (χ4v) is 2.33. The van der Waals surface area contributed by atoms with Crippen LogP contribution in [0.25, 0.3) is 0 Å². The lowest BCUT2D eigenvalue weighted by Gasteiger charge is -2.19. The highest BCUT2D eigenvalue weighted by molar-refractivity contribution is 14.1. The first kappa shape index (κ1) is 9.72. The molecule has 0 bridgehead atoms. The van der Waals surface area contributed by atoms with Gasteiger partial charge in [0.15, 0.2) is 0 Å². The molecule has 0 aromatic rings. The van der Waals surface area contributed by atoms with Crippen LogP contribution in [0.4, 0.5) is 0 Å². The summed E-state index contributed by atoms with van der Waals surface area (Å²) in [4.78, 5) is 10.2. The Labute approximate surface area is 96.5 Å². The van der Waals surface area contributed by atoms with Gasteiger partial charge >= 0.3 is 0 Å². The summed E-state index contributed by atoms with van der Waals surface area (Å²) < 4.78 is 2.58. The molecule has 1 aliphatic rings. The Bertz CT molecular complexity index is 241. The van der Waals surface area contributed by atoms with Crippen molar-refractivity contribution in [3.05, 3.63) is 26.5 Å². The Morgan fingerprint density at radius 2 is 2.36 bits per heavy atom. The second kappa shape index (κ2) is 4.04. The molecule has 0 N–H and O–H groups in total. The molecule has 0 amide bonds. The third-order valence-electron chi connectivity index (χ3n) is 1.11. The van der Waals surface area contributed by atoms with Crippen molar-refractivity contribution in [1.82, 2.24) is 3.11 Å². The van der Waals surface area contributed by atoms with E-state index in [1.807, 2.05) is 22.6 Å². The van der Waals surface area contributed by atoms with Gasteiger partial charge in [0.2, 0.25) is 0 Å². The number of hydrogen-bond acceptors (Lipinski definition) is 3. The van der Waals surface area contributed by atoms with Gasteiger partial charge < -0.3 is 0 Å². The van der Waals surface area contributed by atoms with Crippen LogP contribution in [0.15, 0.2) is 26.7 Å². The molecule has 0 saturated heterocycles. The molecule has 0 aliphatic carbocycles. The maximum absolute atomic E-state index is 10.2. The van der Waals surface area contributed by atoms with Crippen LogP contribution in [0.5, 0.6) is 0 Å². The Balaban J connectivity index is 2.91. The maximum atomic E-state index is 10.2. The summed E-state index contributed by atoms with van der Waals surface area (Å²) in [6, 6.07) is 0. The van der Waals surface area contributed by atoms with Gasteiger partial charge in [0.05, 0.1) is 26.4 Å². The minimum Gasteiger partial charge on any atom is -0.299 e. The average molecular weight is 396 g/mol. The van der Waals surface area contributed by atoms with Gasteiger partial charge in [-0.25, -0.2) is 0 Å². The highest BCUT2D eigenvalue weighted by Gasteiger charge is 2.17. The van der Waals surface area contributed by atoms with Crippen molar-refractivity contribution in [3.63, 3.8) is 0 Å². The zero-order valence-electron chi connectivity index (χ0n) is 5.17. The normalized spacial score (nSPS) is 24.3. The summed E-state index contributed by atoms with van der Waals surface area (Å²) in [5.74, 6) is 0. The van der Waals surface area contributed by atoms with Crippen molar-refractivity contribution < 1.29 is 0 Å². The van der Waals surface area contributed by atoms with Crippen molar-refractivity contribution in [1.29, 1.82) is 0 Å². The molecule has 0 fully saturated rings. The lowest BCUT2D eigenvalue weighted by atomic mass is 10.3. The maximum Gasteiger partial charge on any atom is 0.133 e. The summed E-state index contributed by atoms with van der Waals surface area (Å²) in [6.07, 6.45) is 3.39. The van der Waals surface area contributed by atoms with Crippen molar-refractivity contribution in [3.8, 4) is 0 Å². The Hall–Kier alpha value is 0.630. The van der Waals surface area contributed by atoms with Crippen molar-refractivity contribution in [2.75, 3.05) is 0 Å². The van der Waals surface area contributed by atoms with Crippen LogP contribution in [0, 0.1) is 4.91 Å². The van der Waals surface area contributed by atoms with E-state index < -0.39 is 0 Å². The summed E-state index contributed by atoms with van der Waals surface area (Å²) in [5, 5.41) is 2.83. The molecule has 0 aromatic carbocycles. The second-order valence-corrected chi connectivity index (χ2v) is 4.56. The van der Waals surface area contributed by atoms with E-state index in [1.165, 1.54) is 0 Å². The molecule has 0 aromatic heterocycles. The number of nitrogens with zero attached hydrogens (tertiary/aromatic N) is 2. The second-order valence-electron chi connectivity index (χ2n) is 1.84. The van der Waals surface area contributed by atoms with Crippen molar-refractivity contribution in [2.24, 2.45) is 5.18 Å². The Kier molecular flexibility index (Phi) is 3.56. The van der Waals surface area contributed by atoms with Crippen LogP contribution < -0.4 is 0 Å². The fraction of sp³-hybridized carbons (Fsp3) is 0.200. The molecule has 1 heterocycles. The van der Waals surface area contributed by atoms with E-state index in [-0.39, 0.29) is 5.50 Å². The summed E-state index contributed by atoms with van der Waals surface area (Å²) >= 11 is 9.90. The first-order valence-corrected chi connectivity index (χ1v) is 5.14. The highest BCUT2D eigenvalue weighted by Crippen LogP contribution is 2.29. The van der Waals surface area contributed by atoms with Gasteiger partial charge in [-0.05, 0) is 33.8 Å². The van der Waals surface area contributed by atoms with Crippen LogP contribution in [0.2, 0.25) is 0 Å². The Morgan fingerprint density at radius 1 is 1.73 bits per heavy atom. The molecule has 0 radical (unpaired) electrons. The molecule has 1 aliphatic heterocycles. The molecule has 3 nitrogen and oxygen atoms in total. The van der Waals surface area contributed by atoms with Crippen LogP contribution in [-0.4, -0.2) is 8.61 Å². The molecule has 1 rings (SSSR count). The molecular weight excluding hydrogens is 393 g/mol. The number of alkyl halides is 1. The van der Waals surface area contributed by atoms with Gasteiger partial charge in [0.1, 0.15) is 11.2 Å². The standard InChI is InChI=1S/C5H3ClI2N2O/c6-5-1-4(9-11)3(7)2-10(5)8/h1-2,5H. The highest BCUT2D eigenvalue weighted by atomic mass is 127. The lowest BCUT2D eigenvalue weighted by Crippen LogP contribution is -2.16. The molecule has 1 atom stereocenters. The van der Waals surface area contributed by atoms with E-state index in [9.17, 15) is 4.91 Å². The van der Waals surface area contributed by atoms with Gasteiger partial charge in [0, 0.05) is 6.20 Å². The summed E-state index contributed by atoms with van der Waals surface area (Å²) in [7, 11) is 0. The fourth-order valence-electron chi connectivity index (χ4n) is 0.601. The van der Waals surface area contributed by atoms with E-state index in [1.54, 1.807) is 15.4 Å². The zero-order valence-corrected chi connectivity index (χ0v) is 10.2. The summed E-state index contributed by atoms with van der Waals surface area (Å²) in [5.41, 5.74) is 0.139. The van der Waals surface area contributed by atoms with E-state index in [2.05, 4.69) is 28.0 Å². The molecule has 0 saturated carbocycles. The molecule has 11 heavy (non-hydrogen) atoms. The SMILES string of the molecule is O=NC1=CC(Cl)N(I)C=C1I. The first-order chi connectivity index (χ1) is 5.15. The first-order valence-electron chi connectivity index (χ1n) is 2.66. The topological polar surface area (TPSA) is 32.7 Å². The van der Waals surface area contributed by atoms with Gasteiger partial charge in [-0.15, -0.1) is 4.91 Å².